The molecule has 0 aliphatic carbocycles. The lowest BCUT2D eigenvalue weighted by molar-refractivity contribution is -0.0235. The van der Waals surface area contributed by atoms with Gasteiger partial charge in [0.05, 0.1) is 0 Å². The summed E-state index contributed by atoms with van der Waals surface area (Å²) >= 11 is 1.64. The van der Waals surface area contributed by atoms with Gasteiger partial charge in [0, 0.05) is 17.9 Å². The zero-order valence-corrected chi connectivity index (χ0v) is 14.8. The average molecular weight is 351 g/mol. The predicted molar refractivity (Wildman–Crippen MR) is 102 cm³/mol. The van der Waals surface area contributed by atoms with Gasteiger partial charge in [-0.2, -0.15) is 0 Å². The molecule has 2 aromatic carbocycles. The molecule has 0 bridgehead atoms. The van der Waals surface area contributed by atoms with Crippen LogP contribution in [-0.2, 0) is 15.9 Å². The van der Waals surface area contributed by atoms with Gasteiger partial charge in [0.2, 0.25) is 6.29 Å². The molecule has 3 nitrogen and oxygen atoms in total. The third kappa shape index (κ3) is 4.09. The molecule has 0 aromatic heterocycles. The van der Waals surface area contributed by atoms with Gasteiger partial charge < -0.3 is 14.8 Å². The van der Waals surface area contributed by atoms with Gasteiger partial charge in [0.15, 0.2) is 5.09 Å². The summed E-state index contributed by atoms with van der Waals surface area (Å²) in [5.41, 5.74) is 3.92. The van der Waals surface area contributed by atoms with E-state index in [4.69, 9.17) is 9.47 Å². The SMILES string of the molecule is C1=C(Sc2ccccc2C2=CCNCC2)OC(Cc2ccccc2)O1. The van der Waals surface area contributed by atoms with Crippen LogP contribution in [0, 0.1) is 0 Å². The summed E-state index contributed by atoms with van der Waals surface area (Å²) in [6, 6.07) is 18.8. The number of thioether (sulfide) groups is 1. The largest absolute Gasteiger partial charge is 0.458 e. The first-order valence-corrected chi connectivity index (χ1v) is 9.43. The Morgan fingerprint density at radius 1 is 1.04 bits per heavy atom. The second-order valence-electron chi connectivity index (χ2n) is 6.09. The van der Waals surface area contributed by atoms with Gasteiger partial charge in [-0.15, -0.1) is 0 Å². The zero-order valence-electron chi connectivity index (χ0n) is 14.0. The van der Waals surface area contributed by atoms with Gasteiger partial charge in [-0.3, -0.25) is 0 Å². The van der Waals surface area contributed by atoms with Crippen LogP contribution in [0.25, 0.3) is 5.57 Å². The lowest BCUT2D eigenvalue weighted by Crippen LogP contribution is -2.20. The van der Waals surface area contributed by atoms with E-state index < -0.39 is 0 Å². The fourth-order valence-electron chi connectivity index (χ4n) is 3.06. The van der Waals surface area contributed by atoms with E-state index in [0.29, 0.717) is 0 Å². The molecule has 0 radical (unpaired) electrons. The Labute approximate surface area is 152 Å². The third-order valence-corrected chi connectivity index (χ3v) is 5.29. The fraction of sp³-hybridized carbons (Fsp3) is 0.238. The monoisotopic (exact) mass is 351 g/mol. The van der Waals surface area contributed by atoms with Crippen molar-refractivity contribution < 1.29 is 9.47 Å². The highest BCUT2D eigenvalue weighted by Gasteiger charge is 2.22. The third-order valence-electron chi connectivity index (χ3n) is 4.32. The van der Waals surface area contributed by atoms with Crippen molar-refractivity contribution in [3.63, 3.8) is 0 Å². The maximum atomic E-state index is 5.98. The lowest BCUT2D eigenvalue weighted by Gasteiger charge is -2.17. The molecule has 2 aliphatic heterocycles. The average Bonchev–Trinajstić information content (AvgIpc) is 3.10. The van der Waals surface area contributed by atoms with E-state index >= 15 is 0 Å². The van der Waals surface area contributed by atoms with Crippen molar-refractivity contribution in [3.8, 4) is 0 Å². The van der Waals surface area contributed by atoms with E-state index in [-0.39, 0.29) is 6.29 Å². The number of benzene rings is 2. The summed E-state index contributed by atoms with van der Waals surface area (Å²) in [5.74, 6) is 0. The molecule has 25 heavy (non-hydrogen) atoms. The molecule has 1 atom stereocenters. The van der Waals surface area contributed by atoms with Crippen molar-refractivity contribution in [2.24, 2.45) is 0 Å². The van der Waals surface area contributed by atoms with E-state index in [1.807, 2.05) is 18.2 Å². The van der Waals surface area contributed by atoms with Crippen LogP contribution in [0.1, 0.15) is 17.5 Å². The van der Waals surface area contributed by atoms with Crippen LogP contribution in [0.5, 0.6) is 0 Å². The molecule has 128 valence electrons. The molecule has 4 rings (SSSR count). The van der Waals surface area contributed by atoms with Crippen LogP contribution < -0.4 is 5.32 Å². The lowest BCUT2D eigenvalue weighted by atomic mass is 10.0. The standard InChI is InChI=1S/C21H21NO2S/c1-2-6-16(7-3-1)14-20-23-15-21(24-20)25-19-9-5-4-8-18(19)17-10-12-22-13-11-17/h1-10,15,20,22H,11-14H2. The van der Waals surface area contributed by atoms with Crippen molar-refractivity contribution in [2.75, 3.05) is 13.1 Å². The second kappa shape index (κ2) is 7.81. The van der Waals surface area contributed by atoms with Crippen molar-refractivity contribution in [1.29, 1.82) is 0 Å². The first-order chi connectivity index (χ1) is 12.4. The molecule has 1 N–H and O–H groups in total. The van der Waals surface area contributed by atoms with Gasteiger partial charge in [0.25, 0.3) is 0 Å². The highest BCUT2D eigenvalue weighted by atomic mass is 32.2. The summed E-state index contributed by atoms with van der Waals surface area (Å²) in [6.07, 6.45) is 5.59. The first-order valence-electron chi connectivity index (χ1n) is 8.62. The molecular formula is C21H21NO2S. The maximum absolute atomic E-state index is 5.98. The van der Waals surface area contributed by atoms with Crippen molar-refractivity contribution in [1.82, 2.24) is 5.32 Å². The minimum atomic E-state index is -0.241. The minimum Gasteiger partial charge on any atom is -0.458 e. The van der Waals surface area contributed by atoms with Gasteiger partial charge in [-0.25, -0.2) is 0 Å². The summed E-state index contributed by atoms with van der Waals surface area (Å²) in [7, 11) is 0. The van der Waals surface area contributed by atoms with Gasteiger partial charge in [-0.05, 0) is 47.5 Å². The van der Waals surface area contributed by atoms with E-state index in [1.165, 1.54) is 21.6 Å². The Hall–Kier alpha value is -2.17. The normalized spacial score (nSPS) is 19.6. The molecule has 0 spiro atoms. The Kier molecular flexibility index (Phi) is 5.09. The zero-order chi connectivity index (χ0) is 16.9. The summed E-state index contributed by atoms with van der Waals surface area (Å²) in [4.78, 5) is 1.21. The molecule has 0 amide bonds. The quantitative estimate of drug-likeness (QED) is 0.855. The van der Waals surface area contributed by atoms with E-state index in [2.05, 4.69) is 47.8 Å². The van der Waals surface area contributed by atoms with Gasteiger partial charge >= 0.3 is 0 Å². The van der Waals surface area contributed by atoms with Crippen LogP contribution in [0.2, 0.25) is 0 Å². The van der Waals surface area contributed by atoms with E-state index in [0.717, 1.165) is 31.0 Å². The number of hydrogen-bond acceptors (Lipinski definition) is 4. The summed E-state index contributed by atoms with van der Waals surface area (Å²) < 4.78 is 11.7. The molecule has 4 heteroatoms. The fourth-order valence-corrected chi connectivity index (χ4v) is 3.99. The predicted octanol–water partition coefficient (Wildman–Crippen LogP) is 4.57. The second-order valence-corrected chi connectivity index (χ2v) is 7.14. The Morgan fingerprint density at radius 3 is 2.72 bits per heavy atom. The Balaban J connectivity index is 1.42. The molecule has 0 fully saturated rings. The van der Waals surface area contributed by atoms with Crippen LogP contribution in [-0.4, -0.2) is 19.4 Å². The van der Waals surface area contributed by atoms with Gasteiger partial charge in [0.1, 0.15) is 6.26 Å². The van der Waals surface area contributed by atoms with E-state index in [9.17, 15) is 0 Å². The molecular weight excluding hydrogens is 330 g/mol. The molecule has 0 saturated heterocycles. The number of nitrogens with one attached hydrogen (secondary N) is 1. The van der Waals surface area contributed by atoms with Gasteiger partial charge in [-0.1, -0.05) is 54.6 Å². The minimum absolute atomic E-state index is 0.241. The van der Waals surface area contributed by atoms with Crippen LogP contribution >= 0.6 is 11.8 Å². The molecule has 1 unspecified atom stereocenters. The van der Waals surface area contributed by atoms with Crippen molar-refractivity contribution in [2.45, 2.75) is 24.0 Å². The smallest absolute Gasteiger partial charge is 0.245 e. The van der Waals surface area contributed by atoms with Crippen molar-refractivity contribution in [3.05, 3.63) is 83.2 Å². The number of ether oxygens (including phenoxy) is 2. The Morgan fingerprint density at radius 2 is 1.88 bits per heavy atom. The van der Waals surface area contributed by atoms with E-state index in [1.54, 1.807) is 18.0 Å². The van der Waals surface area contributed by atoms with Crippen LogP contribution in [0.3, 0.4) is 0 Å². The van der Waals surface area contributed by atoms with Crippen LogP contribution in [0.15, 0.2) is 76.9 Å². The maximum Gasteiger partial charge on any atom is 0.245 e. The number of rotatable bonds is 5. The first kappa shape index (κ1) is 16.3. The number of hydrogen-bond donors (Lipinski definition) is 1. The summed E-state index contributed by atoms with van der Waals surface area (Å²) in [6.45, 7) is 1.97. The highest BCUT2D eigenvalue weighted by molar-refractivity contribution is 8.03. The molecule has 2 heterocycles. The topological polar surface area (TPSA) is 30.5 Å². The summed E-state index contributed by atoms with van der Waals surface area (Å²) in [5, 5.41) is 4.19. The highest BCUT2D eigenvalue weighted by Crippen LogP contribution is 2.37. The molecule has 2 aromatic rings. The molecule has 0 saturated carbocycles. The van der Waals surface area contributed by atoms with Crippen molar-refractivity contribution >= 4 is 17.3 Å². The van der Waals surface area contributed by atoms with Crippen LogP contribution in [0.4, 0.5) is 0 Å². The molecule has 2 aliphatic rings. The Bertz CT molecular complexity index is 785.